The van der Waals surface area contributed by atoms with Crippen molar-refractivity contribution >= 4 is 33.2 Å². The van der Waals surface area contributed by atoms with Gasteiger partial charge in [0.05, 0.1) is 33.2 Å². The topological polar surface area (TPSA) is 68.8 Å². The Morgan fingerprint density at radius 1 is 1.38 bits per heavy atom. The minimum atomic E-state index is -0.249. The molecule has 0 bridgehead atoms. The Morgan fingerprint density at radius 3 is 2.90 bits per heavy atom. The fourth-order valence-corrected chi connectivity index (χ4v) is 3.41. The smallest absolute Gasteiger partial charge is 0.0908 e. The Bertz CT molecular complexity index is 764. The number of halogens is 1. The number of hydrogen-bond acceptors (Lipinski definition) is 5. The van der Waals surface area contributed by atoms with Crippen LogP contribution in [0.5, 0.6) is 0 Å². The van der Waals surface area contributed by atoms with Crippen LogP contribution in [0.4, 0.5) is 0 Å². The van der Waals surface area contributed by atoms with Crippen molar-refractivity contribution in [1.82, 2.24) is 20.2 Å². The lowest BCUT2D eigenvalue weighted by Crippen LogP contribution is -2.31. The third kappa shape index (κ3) is 2.55. The molecular formula is C14H16ClN5S. The van der Waals surface area contributed by atoms with Crippen LogP contribution in [0.2, 0.25) is 5.02 Å². The van der Waals surface area contributed by atoms with E-state index >= 15 is 0 Å². The predicted octanol–water partition coefficient (Wildman–Crippen LogP) is 3.28. The average molecular weight is 322 g/mol. The summed E-state index contributed by atoms with van der Waals surface area (Å²) in [5, 5.41) is 6.95. The molecule has 7 heteroatoms. The number of fused-ring (bicyclic) bond motifs is 1. The lowest BCUT2D eigenvalue weighted by Gasteiger charge is -2.20. The minimum Gasteiger partial charge on any atom is -0.271 e. The van der Waals surface area contributed by atoms with Gasteiger partial charge in [0.25, 0.3) is 0 Å². The van der Waals surface area contributed by atoms with Crippen molar-refractivity contribution in [2.75, 3.05) is 0 Å². The number of hydrazine groups is 1. The molecule has 0 radical (unpaired) electrons. The predicted molar refractivity (Wildman–Crippen MR) is 86.4 cm³/mol. The summed E-state index contributed by atoms with van der Waals surface area (Å²) in [4.78, 5) is 4.47. The zero-order valence-corrected chi connectivity index (χ0v) is 13.3. The van der Waals surface area contributed by atoms with E-state index in [0.29, 0.717) is 5.02 Å². The van der Waals surface area contributed by atoms with Gasteiger partial charge < -0.3 is 0 Å². The highest BCUT2D eigenvalue weighted by Crippen LogP contribution is 2.31. The summed E-state index contributed by atoms with van der Waals surface area (Å²) in [5.41, 5.74) is 5.64. The van der Waals surface area contributed by atoms with Crippen LogP contribution >= 0.6 is 22.9 Å². The molecule has 0 aliphatic heterocycles. The zero-order chi connectivity index (χ0) is 15.0. The van der Waals surface area contributed by atoms with Gasteiger partial charge in [-0.2, -0.15) is 5.10 Å². The van der Waals surface area contributed by atoms with E-state index in [0.717, 1.165) is 21.5 Å². The van der Waals surface area contributed by atoms with Crippen LogP contribution in [-0.2, 0) is 0 Å². The number of nitrogens with zero attached hydrogens (tertiary/aromatic N) is 3. The second kappa shape index (κ2) is 5.73. The number of hydrogen-bond donors (Lipinski definition) is 2. The normalized spacial score (nSPS) is 13.2. The van der Waals surface area contributed by atoms with Crippen LogP contribution in [0.25, 0.3) is 10.2 Å². The molecule has 1 atom stereocenters. The van der Waals surface area contributed by atoms with Gasteiger partial charge in [-0.05, 0) is 36.9 Å². The lowest BCUT2D eigenvalue weighted by molar-refractivity contribution is 0.476. The van der Waals surface area contributed by atoms with Gasteiger partial charge in [-0.3, -0.25) is 15.5 Å². The molecule has 21 heavy (non-hydrogen) atoms. The highest BCUT2D eigenvalue weighted by Gasteiger charge is 2.23. The van der Waals surface area contributed by atoms with Gasteiger partial charge in [0.15, 0.2) is 0 Å². The first-order valence-corrected chi connectivity index (χ1v) is 7.89. The third-order valence-corrected chi connectivity index (χ3v) is 4.52. The first-order chi connectivity index (χ1) is 10.1. The molecule has 0 fully saturated rings. The standard InChI is InChI=1S/C14H16ClN5S/c1-8(2)20-14(10(15)7-18-20)13(19-16)9-5-12-11(17-6-9)3-4-21-12/h3-8,13,19H,16H2,1-2H3. The molecule has 3 heterocycles. The van der Waals surface area contributed by atoms with Crippen LogP contribution in [0.15, 0.2) is 29.9 Å². The average Bonchev–Trinajstić information content (AvgIpc) is 3.07. The van der Waals surface area contributed by atoms with Crippen molar-refractivity contribution in [3.8, 4) is 0 Å². The van der Waals surface area contributed by atoms with Gasteiger partial charge in [0, 0.05) is 12.2 Å². The molecule has 3 N–H and O–H groups in total. The van der Waals surface area contributed by atoms with Gasteiger partial charge in [-0.15, -0.1) is 11.3 Å². The monoisotopic (exact) mass is 321 g/mol. The van der Waals surface area contributed by atoms with Crippen molar-refractivity contribution in [2.24, 2.45) is 5.84 Å². The van der Waals surface area contributed by atoms with E-state index in [1.54, 1.807) is 17.5 Å². The lowest BCUT2D eigenvalue weighted by atomic mass is 10.1. The van der Waals surface area contributed by atoms with Crippen LogP contribution < -0.4 is 11.3 Å². The Morgan fingerprint density at radius 2 is 2.19 bits per heavy atom. The Kier molecular flexibility index (Phi) is 3.95. The van der Waals surface area contributed by atoms with Crippen LogP contribution in [0.1, 0.15) is 37.2 Å². The molecule has 0 aromatic carbocycles. The largest absolute Gasteiger partial charge is 0.271 e. The maximum absolute atomic E-state index is 6.31. The quantitative estimate of drug-likeness (QED) is 0.571. The molecule has 0 aliphatic rings. The number of rotatable bonds is 4. The van der Waals surface area contributed by atoms with Crippen molar-refractivity contribution in [3.05, 3.63) is 46.2 Å². The Balaban J connectivity index is 2.11. The van der Waals surface area contributed by atoms with Gasteiger partial charge in [0.2, 0.25) is 0 Å². The maximum atomic E-state index is 6.31. The van der Waals surface area contributed by atoms with Crippen molar-refractivity contribution in [3.63, 3.8) is 0 Å². The van der Waals surface area contributed by atoms with E-state index in [1.807, 2.05) is 22.3 Å². The molecule has 0 spiro atoms. The molecule has 3 aromatic rings. The molecular weight excluding hydrogens is 306 g/mol. The number of aromatic nitrogens is 3. The van der Waals surface area contributed by atoms with Gasteiger partial charge in [0.1, 0.15) is 0 Å². The fourth-order valence-electron chi connectivity index (χ4n) is 2.38. The number of nitrogens with two attached hydrogens (primary N) is 1. The minimum absolute atomic E-state index is 0.196. The van der Waals surface area contributed by atoms with Crippen LogP contribution in [0, 0.1) is 0 Å². The molecule has 3 rings (SSSR count). The summed E-state index contributed by atoms with van der Waals surface area (Å²) in [7, 11) is 0. The molecule has 0 saturated heterocycles. The first kappa shape index (κ1) is 14.5. The van der Waals surface area contributed by atoms with Gasteiger partial charge >= 0.3 is 0 Å². The molecule has 0 aliphatic carbocycles. The number of thiophene rings is 1. The van der Waals surface area contributed by atoms with Gasteiger partial charge in [-0.25, -0.2) is 5.43 Å². The molecule has 0 saturated carbocycles. The molecule has 0 amide bonds. The van der Waals surface area contributed by atoms with E-state index in [4.69, 9.17) is 17.4 Å². The summed E-state index contributed by atoms with van der Waals surface area (Å²) < 4.78 is 3.00. The first-order valence-electron chi connectivity index (χ1n) is 6.64. The fraction of sp³-hybridized carbons (Fsp3) is 0.286. The molecule has 110 valence electrons. The summed E-state index contributed by atoms with van der Waals surface area (Å²) in [6.07, 6.45) is 3.48. The van der Waals surface area contributed by atoms with Gasteiger partial charge in [-0.1, -0.05) is 11.6 Å². The number of pyridine rings is 1. The Hall–Kier alpha value is -1.47. The summed E-state index contributed by atoms with van der Waals surface area (Å²) in [5.74, 6) is 5.78. The van der Waals surface area contributed by atoms with Crippen LogP contribution in [-0.4, -0.2) is 14.8 Å². The Labute approximate surface area is 131 Å². The van der Waals surface area contributed by atoms with Crippen LogP contribution in [0.3, 0.4) is 0 Å². The van der Waals surface area contributed by atoms with Crippen molar-refractivity contribution in [1.29, 1.82) is 0 Å². The van der Waals surface area contributed by atoms with E-state index in [1.165, 1.54) is 0 Å². The summed E-state index contributed by atoms with van der Waals surface area (Å²) in [6.45, 7) is 4.11. The highest BCUT2D eigenvalue weighted by molar-refractivity contribution is 7.17. The molecule has 5 nitrogen and oxygen atoms in total. The SMILES string of the molecule is CC(C)n1ncc(Cl)c1C(NN)c1cnc2ccsc2c1. The van der Waals surface area contributed by atoms with Crippen molar-refractivity contribution < 1.29 is 0 Å². The highest BCUT2D eigenvalue weighted by atomic mass is 35.5. The van der Waals surface area contributed by atoms with E-state index in [2.05, 4.69) is 35.4 Å². The second-order valence-corrected chi connectivity index (χ2v) is 6.44. The van der Waals surface area contributed by atoms with Crippen molar-refractivity contribution in [2.45, 2.75) is 25.9 Å². The second-order valence-electron chi connectivity index (χ2n) is 5.09. The maximum Gasteiger partial charge on any atom is 0.0908 e. The number of nitrogens with one attached hydrogen (secondary N) is 1. The van der Waals surface area contributed by atoms with E-state index in [-0.39, 0.29) is 12.1 Å². The summed E-state index contributed by atoms with van der Waals surface area (Å²) in [6, 6.07) is 4.04. The molecule has 1 unspecified atom stereocenters. The summed E-state index contributed by atoms with van der Waals surface area (Å²) >= 11 is 7.97. The van der Waals surface area contributed by atoms with E-state index in [9.17, 15) is 0 Å². The third-order valence-electron chi connectivity index (χ3n) is 3.37. The molecule has 3 aromatic heterocycles. The van der Waals surface area contributed by atoms with E-state index < -0.39 is 0 Å². The zero-order valence-electron chi connectivity index (χ0n) is 11.7.